The monoisotopic (exact) mass is 333 g/mol. The normalized spacial score (nSPS) is 17.5. The van der Waals surface area contributed by atoms with E-state index in [1.54, 1.807) is 0 Å². The van der Waals surface area contributed by atoms with Crippen LogP contribution in [0.2, 0.25) is 0 Å². The van der Waals surface area contributed by atoms with Gasteiger partial charge < -0.3 is 5.32 Å². The minimum atomic E-state index is 0.946. The Labute approximate surface area is 121 Å². The van der Waals surface area contributed by atoms with Gasteiger partial charge in [0.25, 0.3) is 0 Å². The summed E-state index contributed by atoms with van der Waals surface area (Å²) in [5.74, 6) is 1.26. The lowest BCUT2D eigenvalue weighted by Crippen LogP contribution is -2.18. The van der Waals surface area contributed by atoms with Crippen LogP contribution in [0, 0.1) is 0 Å². The highest BCUT2D eigenvalue weighted by Gasteiger charge is 2.12. The average molecular weight is 334 g/mol. The molecule has 0 amide bonds. The highest BCUT2D eigenvalue weighted by Crippen LogP contribution is 2.27. The lowest BCUT2D eigenvalue weighted by atomic mass is 10.0. The minimum Gasteiger partial charge on any atom is -0.311 e. The molecule has 1 nitrogen and oxygen atoms in total. The number of nitrogens with one attached hydrogen (secondary N) is 1. The third-order valence-corrected chi connectivity index (χ3v) is 6.19. The van der Waals surface area contributed by atoms with E-state index in [1.807, 2.05) is 11.3 Å². The summed E-state index contributed by atoms with van der Waals surface area (Å²) in [6.45, 7) is 2.15. The molecular formula is C13H20BrNS2. The molecule has 4 heteroatoms. The predicted octanol–water partition coefficient (Wildman–Crippen LogP) is 4.67. The molecule has 17 heavy (non-hydrogen) atoms. The number of rotatable bonds is 6. The molecule has 0 atom stereocenters. The van der Waals surface area contributed by atoms with Crippen LogP contribution in [-0.2, 0) is 6.54 Å². The van der Waals surface area contributed by atoms with E-state index >= 15 is 0 Å². The number of thiophene rings is 1. The Hall–Kier alpha value is 0.490. The molecule has 96 valence electrons. The van der Waals surface area contributed by atoms with Crippen molar-refractivity contribution >= 4 is 39.0 Å². The largest absolute Gasteiger partial charge is 0.311 e. The standard InChI is InChI=1S/C13H20BrNS2/c14-11-8-13(17-10-11)9-15-6-7-16-12-4-2-1-3-5-12/h8,10,12,15H,1-7,9H2. The van der Waals surface area contributed by atoms with Gasteiger partial charge in [0.1, 0.15) is 0 Å². The Balaban J connectivity index is 1.51. The number of hydrogen-bond donors (Lipinski definition) is 1. The number of thioether (sulfide) groups is 1. The van der Waals surface area contributed by atoms with E-state index in [2.05, 4.69) is 44.5 Å². The van der Waals surface area contributed by atoms with E-state index < -0.39 is 0 Å². The molecule has 0 spiro atoms. The molecule has 1 aromatic heterocycles. The van der Waals surface area contributed by atoms with Crippen molar-refractivity contribution in [2.75, 3.05) is 12.3 Å². The molecule has 1 aliphatic rings. The van der Waals surface area contributed by atoms with Gasteiger partial charge in [0.15, 0.2) is 0 Å². The maximum absolute atomic E-state index is 3.52. The topological polar surface area (TPSA) is 12.0 Å². The summed E-state index contributed by atoms with van der Waals surface area (Å²) in [6.07, 6.45) is 7.26. The summed E-state index contributed by atoms with van der Waals surface area (Å²) in [4.78, 5) is 1.42. The Kier molecular flexibility index (Phi) is 6.40. The van der Waals surface area contributed by atoms with Gasteiger partial charge in [-0.1, -0.05) is 19.3 Å². The molecule has 1 aromatic rings. The quantitative estimate of drug-likeness (QED) is 0.759. The van der Waals surface area contributed by atoms with Gasteiger partial charge >= 0.3 is 0 Å². The summed E-state index contributed by atoms with van der Waals surface area (Å²) in [6, 6.07) is 2.20. The van der Waals surface area contributed by atoms with E-state index in [4.69, 9.17) is 0 Å². The molecule has 1 saturated carbocycles. The lowest BCUT2D eigenvalue weighted by molar-refractivity contribution is 0.516. The van der Waals surface area contributed by atoms with E-state index in [-0.39, 0.29) is 0 Å². The van der Waals surface area contributed by atoms with Crippen LogP contribution in [0.4, 0.5) is 0 Å². The number of halogens is 1. The zero-order valence-electron chi connectivity index (χ0n) is 10.1. The van der Waals surface area contributed by atoms with Gasteiger partial charge in [-0.25, -0.2) is 0 Å². The second-order valence-corrected chi connectivity index (χ2v) is 7.86. The highest BCUT2D eigenvalue weighted by molar-refractivity contribution is 9.10. The fourth-order valence-electron chi connectivity index (χ4n) is 2.19. The fraction of sp³-hybridized carbons (Fsp3) is 0.692. The molecule has 0 aliphatic heterocycles. The Morgan fingerprint density at radius 2 is 2.18 bits per heavy atom. The van der Waals surface area contributed by atoms with Gasteiger partial charge in [-0.2, -0.15) is 11.8 Å². The summed E-state index contributed by atoms with van der Waals surface area (Å²) in [7, 11) is 0. The summed E-state index contributed by atoms with van der Waals surface area (Å²) in [5, 5.41) is 6.62. The number of hydrogen-bond acceptors (Lipinski definition) is 3. The SMILES string of the molecule is Brc1csc(CNCCSC2CCCCC2)c1. The van der Waals surface area contributed by atoms with Crippen molar-refractivity contribution in [3.8, 4) is 0 Å². The van der Waals surface area contributed by atoms with Crippen molar-refractivity contribution in [2.45, 2.75) is 43.9 Å². The fourth-order valence-corrected chi connectivity index (χ4v) is 4.87. The van der Waals surface area contributed by atoms with Crippen LogP contribution in [0.1, 0.15) is 37.0 Å². The summed E-state index contributed by atoms with van der Waals surface area (Å²) >= 11 is 7.47. The lowest BCUT2D eigenvalue weighted by Gasteiger charge is -2.20. The first-order chi connectivity index (χ1) is 8.34. The van der Waals surface area contributed by atoms with Crippen molar-refractivity contribution in [3.05, 3.63) is 20.8 Å². The third-order valence-electron chi connectivity index (χ3n) is 3.11. The third kappa shape index (κ3) is 5.33. The minimum absolute atomic E-state index is 0.946. The zero-order valence-corrected chi connectivity index (χ0v) is 13.3. The van der Waals surface area contributed by atoms with Crippen LogP contribution in [-0.4, -0.2) is 17.5 Å². The second kappa shape index (κ2) is 7.82. The molecule has 0 saturated heterocycles. The summed E-state index contributed by atoms with van der Waals surface area (Å²) < 4.78 is 1.20. The van der Waals surface area contributed by atoms with Gasteiger partial charge in [-0.3, -0.25) is 0 Å². The highest BCUT2D eigenvalue weighted by atomic mass is 79.9. The van der Waals surface area contributed by atoms with Crippen molar-refractivity contribution in [1.29, 1.82) is 0 Å². The molecule has 0 unspecified atom stereocenters. The van der Waals surface area contributed by atoms with E-state index in [0.717, 1.165) is 18.3 Å². The molecule has 0 bridgehead atoms. The van der Waals surface area contributed by atoms with Gasteiger partial charge in [-0.15, -0.1) is 11.3 Å². The van der Waals surface area contributed by atoms with Crippen LogP contribution in [0.3, 0.4) is 0 Å². The predicted molar refractivity (Wildman–Crippen MR) is 83.1 cm³/mol. The van der Waals surface area contributed by atoms with Crippen LogP contribution in [0.5, 0.6) is 0 Å². The molecule has 1 heterocycles. The first-order valence-corrected chi connectivity index (χ1v) is 9.12. The molecule has 1 aliphatic carbocycles. The average Bonchev–Trinajstić information content (AvgIpc) is 2.76. The van der Waals surface area contributed by atoms with Crippen molar-refractivity contribution in [2.24, 2.45) is 0 Å². The Bertz CT molecular complexity index is 321. The van der Waals surface area contributed by atoms with Gasteiger partial charge in [0.05, 0.1) is 0 Å². The van der Waals surface area contributed by atoms with Gasteiger partial charge in [0, 0.05) is 38.8 Å². The van der Waals surface area contributed by atoms with Crippen molar-refractivity contribution in [3.63, 3.8) is 0 Å². The van der Waals surface area contributed by atoms with Gasteiger partial charge in [0.2, 0.25) is 0 Å². The molecule has 1 N–H and O–H groups in total. The Morgan fingerprint density at radius 1 is 1.35 bits per heavy atom. The molecule has 2 rings (SSSR count). The zero-order chi connectivity index (χ0) is 11.9. The van der Waals surface area contributed by atoms with Crippen molar-refractivity contribution in [1.82, 2.24) is 5.32 Å². The maximum Gasteiger partial charge on any atom is 0.0300 e. The first-order valence-electron chi connectivity index (χ1n) is 6.40. The van der Waals surface area contributed by atoms with Crippen LogP contribution < -0.4 is 5.32 Å². The van der Waals surface area contributed by atoms with E-state index in [9.17, 15) is 0 Å². The van der Waals surface area contributed by atoms with Gasteiger partial charge in [-0.05, 0) is 34.8 Å². The van der Waals surface area contributed by atoms with E-state index in [0.29, 0.717) is 0 Å². The van der Waals surface area contributed by atoms with Crippen LogP contribution in [0.25, 0.3) is 0 Å². The second-order valence-electron chi connectivity index (χ2n) is 4.54. The Morgan fingerprint density at radius 3 is 2.88 bits per heavy atom. The first kappa shape index (κ1) is 13.9. The van der Waals surface area contributed by atoms with Crippen molar-refractivity contribution < 1.29 is 0 Å². The molecular weight excluding hydrogens is 314 g/mol. The molecule has 0 radical (unpaired) electrons. The van der Waals surface area contributed by atoms with Crippen LogP contribution in [0.15, 0.2) is 15.9 Å². The van der Waals surface area contributed by atoms with Crippen LogP contribution >= 0.6 is 39.0 Å². The molecule has 1 fully saturated rings. The smallest absolute Gasteiger partial charge is 0.0300 e. The maximum atomic E-state index is 3.52. The summed E-state index contributed by atoms with van der Waals surface area (Å²) in [5.41, 5.74) is 0. The molecule has 0 aromatic carbocycles. The van der Waals surface area contributed by atoms with E-state index in [1.165, 1.54) is 47.2 Å².